The maximum atomic E-state index is 10.9. The molecule has 0 aromatic heterocycles. The van der Waals surface area contributed by atoms with Gasteiger partial charge in [0.15, 0.2) is 0 Å². The fourth-order valence-electron chi connectivity index (χ4n) is 1.45. The molecule has 1 aliphatic rings. The van der Waals surface area contributed by atoms with E-state index in [4.69, 9.17) is 0 Å². The molecule has 2 atom stereocenters. The second-order valence-corrected chi connectivity index (χ2v) is 3.01. The fraction of sp³-hybridized carbons (Fsp3) is 0.857. The number of nitroso groups, excluding NO2 is 1. The molecule has 0 aromatic carbocycles. The molecule has 62 valence electrons. The van der Waals surface area contributed by atoms with E-state index in [0.717, 1.165) is 19.5 Å². The molecule has 0 bridgehead atoms. The Morgan fingerprint density at radius 3 is 2.91 bits per heavy atom. The average Bonchev–Trinajstić information content (AvgIpc) is 2.04. The predicted octanol–water partition coefficient (Wildman–Crippen LogP) is 0.525. The summed E-state index contributed by atoms with van der Waals surface area (Å²) in [6.45, 7) is 3.59. The van der Waals surface area contributed by atoms with E-state index < -0.39 is 5.91 Å². The Kier molecular flexibility index (Phi) is 2.70. The summed E-state index contributed by atoms with van der Waals surface area (Å²) >= 11 is 0. The van der Waals surface area contributed by atoms with E-state index in [0.29, 0.717) is 0 Å². The highest BCUT2D eigenvalue weighted by atomic mass is 16.3. The number of amides is 1. The van der Waals surface area contributed by atoms with Gasteiger partial charge >= 0.3 is 0 Å². The van der Waals surface area contributed by atoms with E-state index in [-0.39, 0.29) is 11.8 Å². The molecule has 1 saturated heterocycles. The van der Waals surface area contributed by atoms with Gasteiger partial charge in [0, 0.05) is 11.1 Å². The van der Waals surface area contributed by atoms with Crippen LogP contribution < -0.4 is 5.32 Å². The Morgan fingerprint density at radius 2 is 2.36 bits per heavy atom. The van der Waals surface area contributed by atoms with Crippen LogP contribution in [-0.2, 0) is 4.79 Å². The quantitative estimate of drug-likeness (QED) is 0.563. The maximum Gasteiger partial charge on any atom is 0.289 e. The summed E-state index contributed by atoms with van der Waals surface area (Å²) < 4.78 is 0. The fourth-order valence-corrected chi connectivity index (χ4v) is 1.45. The van der Waals surface area contributed by atoms with E-state index in [1.807, 2.05) is 6.92 Å². The molecule has 1 aliphatic heterocycles. The minimum absolute atomic E-state index is 0.145. The summed E-state index contributed by atoms with van der Waals surface area (Å²) in [7, 11) is 0. The number of carbonyl (C=O) groups excluding carboxylic acids is 1. The molecule has 1 amide bonds. The minimum Gasteiger partial charge on any atom is -0.316 e. The van der Waals surface area contributed by atoms with E-state index in [1.165, 1.54) is 0 Å². The van der Waals surface area contributed by atoms with Crippen LogP contribution in [0.15, 0.2) is 5.18 Å². The molecule has 1 fully saturated rings. The molecule has 0 unspecified atom stereocenters. The third-order valence-corrected chi connectivity index (χ3v) is 2.19. The topological polar surface area (TPSA) is 58.5 Å². The Morgan fingerprint density at radius 1 is 1.64 bits per heavy atom. The summed E-state index contributed by atoms with van der Waals surface area (Å²) in [6.07, 6.45) is 0.742. The Balaban J connectivity index is 2.53. The lowest BCUT2D eigenvalue weighted by molar-refractivity contribution is -0.123. The first-order valence-corrected chi connectivity index (χ1v) is 3.83. The third-order valence-electron chi connectivity index (χ3n) is 2.19. The van der Waals surface area contributed by atoms with Crippen LogP contribution in [0.3, 0.4) is 0 Å². The zero-order valence-electron chi connectivity index (χ0n) is 6.54. The molecule has 1 N–H and O–H groups in total. The summed E-state index contributed by atoms with van der Waals surface area (Å²) in [4.78, 5) is 20.8. The maximum absolute atomic E-state index is 10.9. The van der Waals surface area contributed by atoms with Crippen molar-refractivity contribution >= 4 is 5.91 Å². The molecule has 1 heterocycles. The van der Waals surface area contributed by atoms with Gasteiger partial charge in [-0.3, -0.25) is 4.79 Å². The normalized spacial score (nSPS) is 31.4. The average molecular weight is 156 g/mol. The lowest BCUT2D eigenvalue weighted by atomic mass is 9.87. The summed E-state index contributed by atoms with van der Waals surface area (Å²) in [5.41, 5.74) is 0. The molecule has 11 heavy (non-hydrogen) atoms. The first-order chi connectivity index (χ1) is 5.25. The number of rotatable bonds is 1. The molecule has 0 aliphatic carbocycles. The largest absolute Gasteiger partial charge is 0.316 e. The highest BCUT2D eigenvalue weighted by Crippen LogP contribution is 2.19. The van der Waals surface area contributed by atoms with Gasteiger partial charge in [0.25, 0.3) is 5.91 Å². The van der Waals surface area contributed by atoms with Crippen molar-refractivity contribution in [1.29, 1.82) is 0 Å². The highest BCUT2D eigenvalue weighted by Gasteiger charge is 2.27. The first kappa shape index (κ1) is 8.33. The zero-order valence-corrected chi connectivity index (χ0v) is 6.54. The van der Waals surface area contributed by atoms with Crippen LogP contribution in [0.4, 0.5) is 0 Å². The number of nitrogens with zero attached hydrogens (tertiary/aromatic N) is 1. The first-order valence-electron chi connectivity index (χ1n) is 3.83. The zero-order chi connectivity index (χ0) is 8.27. The summed E-state index contributed by atoms with van der Waals surface area (Å²) in [5, 5.41) is 5.59. The van der Waals surface area contributed by atoms with Crippen molar-refractivity contribution in [2.45, 2.75) is 13.3 Å². The predicted molar refractivity (Wildman–Crippen MR) is 40.9 cm³/mol. The van der Waals surface area contributed by atoms with Gasteiger partial charge in [-0.15, -0.1) is 4.91 Å². The molecule has 4 heteroatoms. The van der Waals surface area contributed by atoms with Crippen molar-refractivity contribution in [2.75, 3.05) is 13.1 Å². The second kappa shape index (κ2) is 3.57. The van der Waals surface area contributed by atoms with E-state index in [1.54, 1.807) is 0 Å². The molecule has 0 spiro atoms. The van der Waals surface area contributed by atoms with Crippen molar-refractivity contribution < 1.29 is 4.79 Å². The summed E-state index contributed by atoms with van der Waals surface area (Å²) in [6, 6.07) is 0. The number of hydrogen-bond donors (Lipinski definition) is 1. The molecule has 4 nitrogen and oxygen atoms in total. The Hall–Kier alpha value is -0.770. The van der Waals surface area contributed by atoms with Crippen molar-refractivity contribution in [3.05, 3.63) is 4.91 Å². The van der Waals surface area contributed by atoms with Gasteiger partial charge in [-0.1, -0.05) is 6.92 Å². The van der Waals surface area contributed by atoms with Gasteiger partial charge in [-0.05, 0) is 25.4 Å². The van der Waals surface area contributed by atoms with E-state index in [9.17, 15) is 9.70 Å². The molecule has 0 radical (unpaired) electrons. The second-order valence-electron chi connectivity index (χ2n) is 3.01. The van der Waals surface area contributed by atoms with Crippen molar-refractivity contribution in [3.63, 3.8) is 0 Å². The van der Waals surface area contributed by atoms with Crippen LogP contribution in [0.25, 0.3) is 0 Å². The van der Waals surface area contributed by atoms with Crippen molar-refractivity contribution in [2.24, 2.45) is 17.0 Å². The SMILES string of the molecule is C[C@H]1CNCC[C@H]1C(=O)N=O. The number of nitrogens with one attached hydrogen (secondary N) is 1. The number of hydrogen-bond acceptors (Lipinski definition) is 3. The van der Waals surface area contributed by atoms with Crippen LogP contribution in [-0.4, -0.2) is 19.0 Å². The van der Waals surface area contributed by atoms with Crippen LogP contribution in [0.1, 0.15) is 13.3 Å². The monoisotopic (exact) mass is 156 g/mol. The highest BCUT2D eigenvalue weighted by molar-refractivity contribution is 5.79. The molecule has 0 saturated carbocycles. The van der Waals surface area contributed by atoms with Gasteiger partial charge in [0.1, 0.15) is 0 Å². The standard InChI is InChI=1S/C7H12N2O2/c1-5-4-8-3-2-6(5)7(10)9-11/h5-6,8H,2-4H2,1H3/t5-,6+/m0/s1. The molecule has 0 aromatic rings. The van der Waals surface area contributed by atoms with E-state index in [2.05, 4.69) is 10.5 Å². The van der Waals surface area contributed by atoms with Gasteiger partial charge < -0.3 is 5.32 Å². The third kappa shape index (κ3) is 1.83. The Bertz CT molecular complexity index is 170. The number of piperidine rings is 1. The molecular weight excluding hydrogens is 144 g/mol. The van der Waals surface area contributed by atoms with Crippen LogP contribution >= 0.6 is 0 Å². The van der Waals surface area contributed by atoms with Gasteiger partial charge in [0.2, 0.25) is 0 Å². The smallest absolute Gasteiger partial charge is 0.289 e. The van der Waals surface area contributed by atoms with Gasteiger partial charge in [-0.25, -0.2) is 0 Å². The minimum atomic E-state index is -0.487. The van der Waals surface area contributed by atoms with Gasteiger partial charge in [-0.2, -0.15) is 0 Å². The summed E-state index contributed by atoms with van der Waals surface area (Å²) in [5.74, 6) is -0.387. The number of carbonyl (C=O) groups is 1. The molecular formula is C7H12N2O2. The van der Waals surface area contributed by atoms with Crippen LogP contribution in [0, 0.1) is 16.7 Å². The van der Waals surface area contributed by atoms with E-state index >= 15 is 0 Å². The van der Waals surface area contributed by atoms with Crippen LogP contribution in [0.2, 0.25) is 0 Å². The van der Waals surface area contributed by atoms with Crippen molar-refractivity contribution in [1.82, 2.24) is 5.32 Å². The Labute approximate surface area is 65.3 Å². The van der Waals surface area contributed by atoms with Crippen molar-refractivity contribution in [3.8, 4) is 0 Å². The van der Waals surface area contributed by atoms with Crippen LogP contribution in [0.5, 0.6) is 0 Å². The van der Waals surface area contributed by atoms with Gasteiger partial charge in [0.05, 0.1) is 0 Å². The molecule has 1 rings (SSSR count). The lowest BCUT2D eigenvalue weighted by Gasteiger charge is -2.25. The lowest BCUT2D eigenvalue weighted by Crippen LogP contribution is -2.38.